The molecule has 2 aromatic rings. The van der Waals surface area contributed by atoms with E-state index >= 15 is 4.39 Å². The average Bonchev–Trinajstić information content (AvgIpc) is 3.28. The number of rotatable bonds is 7. The Balaban J connectivity index is 1.49. The lowest BCUT2D eigenvalue weighted by Gasteiger charge is -2.34. The quantitative estimate of drug-likeness (QED) is 0.398. The summed E-state index contributed by atoms with van der Waals surface area (Å²) in [5, 5.41) is 2.72. The fourth-order valence-corrected chi connectivity index (χ4v) is 6.37. The maximum absolute atomic E-state index is 16.2. The Morgan fingerprint density at radius 2 is 2.20 bits per heavy atom. The summed E-state index contributed by atoms with van der Waals surface area (Å²) in [6.07, 6.45) is -1.85. The normalized spacial score (nSPS) is 31.0. The van der Waals surface area contributed by atoms with Crippen LogP contribution in [0.5, 0.6) is 5.88 Å². The smallest absolute Gasteiger partial charge is 0.406 e. The molecule has 4 heterocycles. The van der Waals surface area contributed by atoms with Gasteiger partial charge in [0.1, 0.15) is 12.2 Å². The first-order chi connectivity index (χ1) is 16.4. The molecule has 0 aliphatic carbocycles. The Hall–Kier alpha value is -1.83. The second kappa shape index (κ2) is 9.56. The van der Waals surface area contributed by atoms with Gasteiger partial charge in [-0.05, 0) is 13.8 Å². The number of anilines is 1. The summed E-state index contributed by atoms with van der Waals surface area (Å²) in [6.45, 7) is 8.93. The molecule has 0 saturated carbocycles. The number of fused-ring (bicyclic) bond motifs is 2. The molecule has 35 heavy (non-hydrogen) atoms. The topological polar surface area (TPSA) is 153 Å². The molecule has 0 radical (unpaired) electrons. The zero-order valence-electron chi connectivity index (χ0n) is 20.2. The van der Waals surface area contributed by atoms with Gasteiger partial charge in [0.2, 0.25) is 11.8 Å². The molecule has 0 aromatic carbocycles. The van der Waals surface area contributed by atoms with Crippen molar-refractivity contribution >= 4 is 41.7 Å². The van der Waals surface area contributed by atoms with Gasteiger partial charge in [-0.25, -0.2) is 19.0 Å². The summed E-state index contributed by atoms with van der Waals surface area (Å²) in [6, 6.07) is 0. The van der Waals surface area contributed by atoms with Crippen molar-refractivity contribution in [3.8, 4) is 5.88 Å². The third-order valence-electron chi connectivity index (χ3n) is 5.54. The van der Waals surface area contributed by atoms with Gasteiger partial charge in [0.05, 0.1) is 19.5 Å². The number of halogens is 1. The minimum atomic E-state index is -3.83. The Morgan fingerprint density at radius 1 is 1.46 bits per heavy atom. The van der Waals surface area contributed by atoms with Gasteiger partial charge < -0.3 is 15.2 Å². The molecule has 3 N–H and O–H groups in total. The van der Waals surface area contributed by atoms with Gasteiger partial charge in [-0.1, -0.05) is 32.5 Å². The largest absolute Gasteiger partial charge is 0.476 e. The first-order valence-electron chi connectivity index (χ1n) is 11.2. The number of thioether (sulfide) groups is 1. The highest BCUT2D eigenvalue weighted by atomic mass is 32.2. The van der Waals surface area contributed by atoms with Crippen molar-refractivity contribution in [1.29, 1.82) is 0 Å². The van der Waals surface area contributed by atoms with Crippen LogP contribution in [0.3, 0.4) is 0 Å². The van der Waals surface area contributed by atoms with Crippen molar-refractivity contribution in [2.45, 2.75) is 58.7 Å². The van der Waals surface area contributed by atoms with E-state index in [0.29, 0.717) is 17.9 Å². The molecule has 12 nitrogen and oxygen atoms in total. The molecular weight excluding hydrogens is 502 g/mol. The van der Waals surface area contributed by atoms with Crippen LogP contribution < -0.4 is 15.6 Å². The molecule has 2 aliphatic rings. The number of nitrogens with one attached hydrogen (secondary N) is 1. The van der Waals surface area contributed by atoms with Crippen molar-refractivity contribution in [3.63, 3.8) is 0 Å². The summed E-state index contributed by atoms with van der Waals surface area (Å²) in [7, 11) is -3.83. The van der Waals surface area contributed by atoms with E-state index in [4.69, 9.17) is 24.3 Å². The number of nitrogens with zero attached hydrogens (tertiary/aromatic N) is 4. The minimum absolute atomic E-state index is 0.0102. The first-order valence-corrected chi connectivity index (χ1v) is 13.7. The van der Waals surface area contributed by atoms with E-state index in [9.17, 15) is 9.36 Å². The highest BCUT2D eigenvalue weighted by Crippen LogP contribution is 2.56. The van der Waals surface area contributed by atoms with Crippen LogP contribution in [-0.2, 0) is 23.1 Å². The number of hydrogen-bond acceptors (Lipinski definition) is 11. The molecule has 194 valence electrons. The molecule has 0 amide bonds. The number of nitrogens with two attached hydrogens (primary N) is 1. The Kier molecular flexibility index (Phi) is 7.17. The van der Waals surface area contributed by atoms with Crippen LogP contribution in [-0.4, -0.2) is 68.0 Å². The van der Waals surface area contributed by atoms with Gasteiger partial charge in [0, 0.05) is 17.7 Å². The van der Waals surface area contributed by atoms with Crippen LogP contribution in [0.15, 0.2) is 6.33 Å². The molecular formula is C20H30FN6O6PS. The minimum Gasteiger partial charge on any atom is -0.476 e. The molecule has 2 saturated heterocycles. The van der Waals surface area contributed by atoms with Crippen LogP contribution in [0.25, 0.3) is 11.2 Å². The molecule has 2 aliphatic heterocycles. The van der Waals surface area contributed by atoms with Crippen LogP contribution in [0.2, 0.25) is 0 Å². The molecule has 5 atom stereocenters. The Bertz CT molecular complexity index is 1160. The number of aromatic nitrogens is 4. The van der Waals surface area contributed by atoms with Crippen LogP contribution in [0, 0.1) is 5.41 Å². The summed E-state index contributed by atoms with van der Waals surface area (Å²) >= 11 is 1.12. The Labute approximate surface area is 206 Å². The zero-order valence-corrected chi connectivity index (χ0v) is 21.9. The highest BCUT2D eigenvalue weighted by molar-refractivity contribution is 8.13. The van der Waals surface area contributed by atoms with Gasteiger partial charge >= 0.3 is 7.75 Å². The van der Waals surface area contributed by atoms with E-state index in [1.165, 1.54) is 17.8 Å². The number of alkyl halides is 1. The average molecular weight is 533 g/mol. The van der Waals surface area contributed by atoms with Crippen molar-refractivity contribution < 1.29 is 32.3 Å². The van der Waals surface area contributed by atoms with E-state index in [0.717, 1.165) is 11.8 Å². The number of hydrogen-bond donors (Lipinski definition) is 2. The lowest BCUT2D eigenvalue weighted by Crippen LogP contribution is -2.46. The van der Waals surface area contributed by atoms with Gasteiger partial charge in [-0.3, -0.25) is 18.4 Å². The van der Waals surface area contributed by atoms with Crippen molar-refractivity contribution in [2.75, 3.05) is 31.2 Å². The molecule has 15 heteroatoms. The summed E-state index contributed by atoms with van der Waals surface area (Å²) in [5.74, 6) is 0.479. The fourth-order valence-electron chi connectivity index (χ4n) is 3.80. The summed E-state index contributed by atoms with van der Waals surface area (Å²) in [5.41, 5.74) is 3.75. The van der Waals surface area contributed by atoms with E-state index in [-0.39, 0.29) is 35.7 Å². The predicted molar refractivity (Wildman–Crippen MR) is 128 cm³/mol. The van der Waals surface area contributed by atoms with Gasteiger partial charge in [0.15, 0.2) is 28.2 Å². The van der Waals surface area contributed by atoms with Crippen molar-refractivity contribution in [2.24, 2.45) is 5.41 Å². The molecule has 2 fully saturated rings. The molecule has 0 spiro atoms. The lowest BCUT2D eigenvalue weighted by molar-refractivity contribution is -0.117. The molecule has 2 aromatic heterocycles. The van der Waals surface area contributed by atoms with E-state index in [2.05, 4.69) is 20.0 Å². The van der Waals surface area contributed by atoms with Crippen LogP contribution >= 0.6 is 19.5 Å². The SMILES string of the molecule is CCOc1nc(N)nc2c1ncn2[C@@H]1O[C@@H]2COP(=O)(NCCSC(=O)C(C)(C)C)O[C@H]2[C@@]1(C)F. The second-order valence-corrected chi connectivity index (χ2v) is 12.3. The molecule has 0 bridgehead atoms. The Morgan fingerprint density at radius 3 is 2.89 bits per heavy atom. The summed E-state index contributed by atoms with van der Waals surface area (Å²) in [4.78, 5) is 24.5. The first kappa shape index (κ1) is 26.2. The zero-order chi connectivity index (χ0) is 25.6. The van der Waals surface area contributed by atoms with Crippen LogP contribution in [0.4, 0.5) is 10.3 Å². The standard InChI is InChI=1S/C20H30FN6O6PS/c1-6-30-15-12-14(25-18(22)26-15)27(10-23-12)16-20(5,21)13-11(32-16)9-31-34(29,33-13)24-7-8-35-17(28)19(2,3)4/h10-11,13,16H,6-9H2,1-5H3,(H,24,29)(H2,22,25,26)/t11-,13-,16-,20-,34?/m1/s1. The maximum atomic E-state index is 16.2. The van der Waals surface area contributed by atoms with E-state index in [1.54, 1.807) is 6.92 Å². The highest BCUT2D eigenvalue weighted by Gasteiger charge is 2.61. The number of imidazole rings is 1. The van der Waals surface area contributed by atoms with Gasteiger partial charge in [-0.2, -0.15) is 9.97 Å². The maximum Gasteiger partial charge on any atom is 0.406 e. The van der Waals surface area contributed by atoms with Gasteiger partial charge in [-0.15, -0.1) is 0 Å². The monoisotopic (exact) mass is 532 g/mol. The predicted octanol–water partition coefficient (Wildman–Crippen LogP) is 2.85. The van der Waals surface area contributed by atoms with E-state index < -0.39 is 37.3 Å². The molecule has 1 unspecified atom stereocenters. The lowest BCUT2D eigenvalue weighted by atomic mass is 9.98. The van der Waals surface area contributed by atoms with Crippen molar-refractivity contribution in [1.82, 2.24) is 24.6 Å². The fraction of sp³-hybridized carbons (Fsp3) is 0.700. The number of carbonyl (C=O) groups is 1. The third-order valence-corrected chi connectivity index (χ3v) is 8.42. The molecule has 4 rings (SSSR count). The number of ether oxygens (including phenoxy) is 2. The number of nitrogen functional groups attached to an aromatic ring is 1. The second-order valence-electron chi connectivity index (χ2n) is 9.44. The van der Waals surface area contributed by atoms with E-state index in [1.807, 2.05) is 20.8 Å². The summed E-state index contributed by atoms with van der Waals surface area (Å²) < 4.78 is 53.1. The van der Waals surface area contributed by atoms with Gasteiger partial charge in [0.25, 0.3) is 0 Å². The number of carbonyl (C=O) groups excluding carboxylic acids is 1. The third kappa shape index (κ3) is 5.18. The van der Waals surface area contributed by atoms with Crippen molar-refractivity contribution in [3.05, 3.63) is 6.33 Å². The van der Waals surface area contributed by atoms with Crippen LogP contribution in [0.1, 0.15) is 40.8 Å².